The first kappa shape index (κ1) is 11.1. The van der Waals surface area contributed by atoms with Gasteiger partial charge < -0.3 is 0 Å². The van der Waals surface area contributed by atoms with E-state index in [9.17, 15) is 0 Å². The van der Waals surface area contributed by atoms with Crippen LogP contribution in [0.2, 0.25) is 0 Å². The molecule has 0 fully saturated rings. The zero-order chi connectivity index (χ0) is 11.8. The van der Waals surface area contributed by atoms with E-state index in [0.717, 1.165) is 11.4 Å². The number of aromatic nitrogens is 3. The Labute approximate surface area is 99.9 Å². The molecule has 0 saturated carbocycles. The molecule has 3 nitrogen and oxygen atoms in total. The molecule has 0 aliphatic carbocycles. The van der Waals surface area contributed by atoms with Crippen molar-refractivity contribution in [3.8, 4) is 11.4 Å². The monoisotopic (exact) mass is 233 g/mol. The summed E-state index contributed by atoms with van der Waals surface area (Å²) in [5, 5.41) is 5.82. The van der Waals surface area contributed by atoms with Gasteiger partial charge in [0.25, 0.3) is 0 Å². The molecule has 0 bridgehead atoms. The highest BCUT2D eigenvalue weighted by atomic mass is 32.1. The summed E-state index contributed by atoms with van der Waals surface area (Å²) in [6.07, 6.45) is 0. The van der Waals surface area contributed by atoms with Crippen molar-refractivity contribution in [2.45, 2.75) is 26.2 Å². The number of benzene rings is 1. The molecular weight excluding hydrogens is 218 g/mol. The lowest BCUT2D eigenvalue weighted by Gasteiger charge is -2.21. The highest BCUT2D eigenvalue weighted by molar-refractivity contribution is 7.71. The van der Waals surface area contributed by atoms with E-state index in [4.69, 9.17) is 12.2 Å². The fraction of sp³-hybridized carbons (Fsp3) is 0.333. The molecule has 0 aliphatic rings. The van der Waals surface area contributed by atoms with E-state index in [1.807, 2.05) is 12.1 Å². The lowest BCUT2D eigenvalue weighted by Crippen LogP contribution is -2.12. The van der Waals surface area contributed by atoms with E-state index in [1.165, 1.54) is 5.56 Å². The van der Waals surface area contributed by atoms with Gasteiger partial charge in [-0.25, -0.2) is 0 Å². The van der Waals surface area contributed by atoms with Gasteiger partial charge in [-0.1, -0.05) is 45.0 Å². The Morgan fingerprint density at radius 2 is 1.81 bits per heavy atom. The molecule has 1 aromatic heterocycles. The number of aromatic amines is 2. The summed E-state index contributed by atoms with van der Waals surface area (Å²) in [6, 6.07) is 8.24. The Morgan fingerprint density at radius 3 is 2.38 bits per heavy atom. The first-order chi connectivity index (χ1) is 7.48. The summed E-state index contributed by atoms with van der Waals surface area (Å²) in [7, 11) is 0. The van der Waals surface area contributed by atoms with Crippen LogP contribution in [0, 0.1) is 4.77 Å². The van der Waals surface area contributed by atoms with Crippen LogP contribution in [-0.4, -0.2) is 15.2 Å². The average molecular weight is 233 g/mol. The predicted molar refractivity (Wildman–Crippen MR) is 67.9 cm³/mol. The van der Waals surface area contributed by atoms with Crippen LogP contribution in [0.25, 0.3) is 11.4 Å². The molecule has 1 heterocycles. The third-order valence-electron chi connectivity index (χ3n) is 2.49. The lowest BCUT2D eigenvalue weighted by atomic mass is 9.83. The van der Waals surface area contributed by atoms with E-state index in [2.05, 4.69) is 48.1 Å². The number of hydrogen-bond donors (Lipinski definition) is 2. The Bertz CT molecular complexity index is 546. The topological polar surface area (TPSA) is 44.5 Å². The highest BCUT2D eigenvalue weighted by Crippen LogP contribution is 2.30. The van der Waals surface area contributed by atoms with Crippen LogP contribution in [0.1, 0.15) is 26.3 Å². The van der Waals surface area contributed by atoms with Crippen LogP contribution >= 0.6 is 12.2 Å². The maximum Gasteiger partial charge on any atom is 0.213 e. The van der Waals surface area contributed by atoms with E-state index >= 15 is 0 Å². The van der Waals surface area contributed by atoms with Crippen LogP contribution in [0.4, 0.5) is 0 Å². The van der Waals surface area contributed by atoms with Crippen molar-refractivity contribution >= 4 is 12.2 Å². The summed E-state index contributed by atoms with van der Waals surface area (Å²) in [4.78, 5) is 4.26. The minimum atomic E-state index is 0.0883. The average Bonchev–Trinajstić information content (AvgIpc) is 2.64. The number of H-pyrrole nitrogens is 2. The van der Waals surface area contributed by atoms with Crippen molar-refractivity contribution < 1.29 is 0 Å². The third-order valence-corrected chi connectivity index (χ3v) is 2.68. The normalized spacial score (nSPS) is 11.7. The summed E-state index contributed by atoms with van der Waals surface area (Å²) in [6.45, 7) is 6.56. The summed E-state index contributed by atoms with van der Waals surface area (Å²) >= 11 is 4.97. The van der Waals surface area contributed by atoms with Gasteiger partial charge in [-0.3, -0.25) is 10.2 Å². The molecule has 0 amide bonds. The molecule has 0 atom stereocenters. The molecule has 4 heteroatoms. The summed E-state index contributed by atoms with van der Waals surface area (Å²) in [5.74, 6) is 0.801. The van der Waals surface area contributed by atoms with Gasteiger partial charge in [0, 0.05) is 5.56 Å². The molecule has 0 unspecified atom stereocenters. The quantitative estimate of drug-likeness (QED) is 0.741. The minimum absolute atomic E-state index is 0.0883. The van der Waals surface area contributed by atoms with Crippen molar-refractivity contribution in [1.82, 2.24) is 15.2 Å². The van der Waals surface area contributed by atoms with Gasteiger partial charge in [0.1, 0.15) is 0 Å². The van der Waals surface area contributed by atoms with Crippen molar-refractivity contribution in [3.05, 3.63) is 34.6 Å². The summed E-state index contributed by atoms with van der Waals surface area (Å²) < 4.78 is 0.485. The second-order valence-electron chi connectivity index (χ2n) is 4.81. The zero-order valence-corrected chi connectivity index (χ0v) is 10.5. The van der Waals surface area contributed by atoms with Gasteiger partial charge in [0.15, 0.2) is 5.82 Å². The van der Waals surface area contributed by atoms with Crippen molar-refractivity contribution in [1.29, 1.82) is 0 Å². The second kappa shape index (κ2) is 3.87. The van der Waals surface area contributed by atoms with Gasteiger partial charge in [0.05, 0.1) is 0 Å². The van der Waals surface area contributed by atoms with Gasteiger partial charge in [-0.15, -0.1) is 0 Å². The molecule has 84 valence electrons. The molecule has 2 rings (SSSR count). The van der Waals surface area contributed by atoms with Gasteiger partial charge >= 0.3 is 0 Å². The molecule has 16 heavy (non-hydrogen) atoms. The Hall–Kier alpha value is -1.42. The standard InChI is InChI=1S/C12H15N3S/c1-12(2,3)9-7-5-4-6-8(9)10-13-11(16)15-14-10/h4-7H,1-3H3,(H2,13,14,15,16). The zero-order valence-electron chi connectivity index (χ0n) is 9.66. The maximum atomic E-state index is 4.97. The molecule has 0 spiro atoms. The second-order valence-corrected chi connectivity index (χ2v) is 5.20. The number of rotatable bonds is 1. The maximum absolute atomic E-state index is 4.97. The van der Waals surface area contributed by atoms with Gasteiger partial charge in [-0.05, 0) is 23.2 Å². The molecule has 0 saturated heterocycles. The summed E-state index contributed by atoms with van der Waals surface area (Å²) in [5.41, 5.74) is 2.44. The van der Waals surface area contributed by atoms with Crippen molar-refractivity contribution in [3.63, 3.8) is 0 Å². The highest BCUT2D eigenvalue weighted by Gasteiger charge is 2.19. The lowest BCUT2D eigenvalue weighted by molar-refractivity contribution is 0.591. The van der Waals surface area contributed by atoms with Crippen LogP contribution in [-0.2, 0) is 5.41 Å². The molecule has 2 N–H and O–H groups in total. The Balaban J connectivity index is 2.61. The fourth-order valence-electron chi connectivity index (χ4n) is 1.74. The number of nitrogens with one attached hydrogen (secondary N) is 2. The first-order valence-electron chi connectivity index (χ1n) is 5.23. The van der Waals surface area contributed by atoms with Crippen molar-refractivity contribution in [2.75, 3.05) is 0 Å². The van der Waals surface area contributed by atoms with Gasteiger partial charge in [0.2, 0.25) is 4.77 Å². The molecular formula is C12H15N3S. The Morgan fingerprint density at radius 1 is 1.12 bits per heavy atom. The largest absolute Gasteiger partial charge is 0.282 e. The van der Waals surface area contributed by atoms with Crippen LogP contribution in [0.5, 0.6) is 0 Å². The van der Waals surface area contributed by atoms with Crippen LogP contribution in [0.15, 0.2) is 24.3 Å². The van der Waals surface area contributed by atoms with E-state index in [0.29, 0.717) is 4.77 Å². The fourth-order valence-corrected chi connectivity index (χ4v) is 1.88. The predicted octanol–water partition coefficient (Wildman–Crippen LogP) is 3.43. The molecule has 2 aromatic rings. The molecule has 1 aromatic carbocycles. The Kier molecular flexibility index (Phi) is 2.68. The van der Waals surface area contributed by atoms with Gasteiger partial charge in [-0.2, -0.15) is 4.98 Å². The van der Waals surface area contributed by atoms with E-state index < -0.39 is 0 Å². The minimum Gasteiger partial charge on any atom is -0.282 e. The number of hydrogen-bond acceptors (Lipinski definition) is 2. The third kappa shape index (κ3) is 2.07. The molecule has 0 radical (unpaired) electrons. The van der Waals surface area contributed by atoms with Crippen molar-refractivity contribution in [2.24, 2.45) is 0 Å². The number of nitrogens with zero attached hydrogens (tertiary/aromatic N) is 1. The van der Waals surface area contributed by atoms with Crippen LogP contribution in [0.3, 0.4) is 0 Å². The van der Waals surface area contributed by atoms with Crippen LogP contribution < -0.4 is 0 Å². The van der Waals surface area contributed by atoms with E-state index in [1.54, 1.807) is 0 Å². The van der Waals surface area contributed by atoms with E-state index in [-0.39, 0.29) is 5.41 Å². The first-order valence-corrected chi connectivity index (χ1v) is 5.64. The SMILES string of the molecule is CC(C)(C)c1ccccc1-c1nc(=S)[nH][nH]1. The smallest absolute Gasteiger partial charge is 0.213 e. The molecule has 0 aliphatic heterocycles.